The van der Waals surface area contributed by atoms with E-state index in [1.54, 1.807) is 6.20 Å². The molecule has 0 aromatic carbocycles. The highest BCUT2D eigenvalue weighted by Crippen LogP contribution is 2.45. The van der Waals surface area contributed by atoms with Crippen molar-refractivity contribution in [1.82, 2.24) is 9.88 Å². The third-order valence-corrected chi connectivity index (χ3v) is 6.30. The number of amides is 1. The number of fused-ring (bicyclic) bond motifs is 1. The summed E-state index contributed by atoms with van der Waals surface area (Å²) in [6.45, 7) is 4.01. The molecule has 1 amide bonds. The van der Waals surface area contributed by atoms with Crippen LogP contribution in [-0.2, 0) is 9.59 Å². The monoisotopic (exact) mass is 343 g/mol. The Balaban J connectivity index is 1.54. The Morgan fingerprint density at radius 1 is 1.24 bits per heavy atom. The van der Waals surface area contributed by atoms with Crippen molar-refractivity contribution in [3.63, 3.8) is 0 Å². The van der Waals surface area contributed by atoms with Gasteiger partial charge in [0.05, 0.1) is 0 Å². The molecular weight excluding hydrogens is 318 g/mol. The van der Waals surface area contributed by atoms with Gasteiger partial charge < -0.3 is 14.9 Å². The molecule has 1 saturated carbocycles. The number of hydrogen-bond donors (Lipinski definition) is 1. The highest BCUT2D eigenvalue weighted by molar-refractivity contribution is 5.84. The van der Waals surface area contributed by atoms with Gasteiger partial charge in [0.25, 0.3) is 0 Å². The van der Waals surface area contributed by atoms with Gasteiger partial charge in [0, 0.05) is 55.6 Å². The third kappa shape index (κ3) is 2.68. The number of likely N-dealkylation sites (tertiary alicyclic amines) is 1. The summed E-state index contributed by atoms with van der Waals surface area (Å²) < 4.78 is 0. The Labute approximate surface area is 147 Å². The lowest BCUT2D eigenvalue weighted by Crippen LogP contribution is -2.43. The van der Waals surface area contributed by atoms with E-state index in [2.05, 4.69) is 9.88 Å². The number of carbonyl (C=O) groups is 2. The fourth-order valence-corrected chi connectivity index (χ4v) is 4.89. The van der Waals surface area contributed by atoms with Gasteiger partial charge in [0.1, 0.15) is 5.41 Å². The summed E-state index contributed by atoms with van der Waals surface area (Å²) in [6, 6.07) is 3.93. The fraction of sp³-hybridized carbons (Fsp3) is 0.632. The molecule has 2 aliphatic heterocycles. The van der Waals surface area contributed by atoms with Crippen molar-refractivity contribution < 1.29 is 14.7 Å². The summed E-state index contributed by atoms with van der Waals surface area (Å²) in [5, 5.41) is 9.98. The zero-order chi connectivity index (χ0) is 17.6. The van der Waals surface area contributed by atoms with Crippen LogP contribution in [0.1, 0.15) is 31.4 Å². The second kappa shape index (κ2) is 6.00. The van der Waals surface area contributed by atoms with Crippen molar-refractivity contribution in [1.29, 1.82) is 0 Å². The Kier molecular flexibility index (Phi) is 3.93. The molecule has 3 heterocycles. The standard InChI is InChI=1S/C19H25N3O3/c1-13-8-16(6-7-20-13)21-9-15-10-22(12-19(15,11-21)18(24)25)17(23)14-4-2-3-5-14/h6-8,14-15H,2-5,9-12H2,1H3,(H,24,25)/t15-,19-/m1/s1. The maximum atomic E-state index is 12.8. The number of aliphatic carboxylic acids is 1. The average Bonchev–Trinajstić information content (AvgIpc) is 3.28. The van der Waals surface area contributed by atoms with E-state index in [1.165, 1.54) is 0 Å². The predicted octanol–water partition coefficient (Wildman–Crippen LogP) is 1.93. The van der Waals surface area contributed by atoms with E-state index in [0.717, 1.165) is 37.1 Å². The molecule has 2 atom stereocenters. The number of carbonyl (C=O) groups excluding carboxylic acids is 1. The molecule has 0 bridgehead atoms. The lowest BCUT2D eigenvalue weighted by atomic mass is 9.81. The Hall–Kier alpha value is -2.11. The molecule has 1 aromatic rings. The highest BCUT2D eigenvalue weighted by atomic mass is 16.4. The normalized spacial score (nSPS) is 29.2. The summed E-state index contributed by atoms with van der Waals surface area (Å²) in [7, 11) is 0. The van der Waals surface area contributed by atoms with Crippen molar-refractivity contribution >= 4 is 17.6 Å². The highest BCUT2D eigenvalue weighted by Gasteiger charge is 2.59. The summed E-state index contributed by atoms with van der Waals surface area (Å²) >= 11 is 0. The molecule has 4 rings (SSSR count). The van der Waals surface area contributed by atoms with Gasteiger partial charge in [0.15, 0.2) is 0 Å². The first kappa shape index (κ1) is 16.4. The van der Waals surface area contributed by atoms with Crippen molar-refractivity contribution in [2.45, 2.75) is 32.6 Å². The van der Waals surface area contributed by atoms with Crippen LogP contribution in [0.2, 0.25) is 0 Å². The van der Waals surface area contributed by atoms with E-state index in [-0.39, 0.29) is 17.7 Å². The van der Waals surface area contributed by atoms with Crippen LogP contribution in [-0.4, -0.2) is 53.0 Å². The van der Waals surface area contributed by atoms with Crippen LogP contribution in [0, 0.1) is 24.2 Å². The van der Waals surface area contributed by atoms with Gasteiger partial charge in [-0.1, -0.05) is 12.8 Å². The van der Waals surface area contributed by atoms with Gasteiger partial charge in [-0.05, 0) is 31.9 Å². The SMILES string of the molecule is Cc1cc(N2C[C@@H]3CN(C(=O)C4CCCC4)C[C@]3(C(=O)O)C2)ccn1. The summed E-state index contributed by atoms with van der Waals surface area (Å²) in [5.41, 5.74) is 1.11. The lowest BCUT2D eigenvalue weighted by molar-refractivity contribution is -0.148. The molecule has 6 heteroatoms. The molecule has 2 saturated heterocycles. The minimum atomic E-state index is -0.842. The molecule has 0 spiro atoms. The number of hydrogen-bond acceptors (Lipinski definition) is 4. The number of aryl methyl sites for hydroxylation is 1. The number of carboxylic acids is 1. The van der Waals surface area contributed by atoms with E-state index in [9.17, 15) is 14.7 Å². The Morgan fingerprint density at radius 3 is 2.64 bits per heavy atom. The first-order valence-corrected chi connectivity index (χ1v) is 9.19. The van der Waals surface area contributed by atoms with Crippen molar-refractivity contribution in [2.75, 3.05) is 31.1 Å². The largest absolute Gasteiger partial charge is 0.481 e. The molecule has 0 radical (unpaired) electrons. The van der Waals surface area contributed by atoms with E-state index in [4.69, 9.17) is 0 Å². The van der Waals surface area contributed by atoms with Gasteiger partial charge >= 0.3 is 5.97 Å². The third-order valence-electron chi connectivity index (χ3n) is 6.30. The molecule has 3 aliphatic rings. The van der Waals surface area contributed by atoms with Crippen molar-refractivity contribution in [2.24, 2.45) is 17.3 Å². The van der Waals surface area contributed by atoms with Gasteiger partial charge in [-0.25, -0.2) is 0 Å². The smallest absolute Gasteiger partial charge is 0.313 e. The van der Waals surface area contributed by atoms with Gasteiger partial charge in [-0.3, -0.25) is 14.6 Å². The number of pyridine rings is 1. The molecular formula is C19H25N3O3. The van der Waals surface area contributed by atoms with E-state index in [1.807, 2.05) is 24.0 Å². The number of carboxylic acid groups (broad SMARTS) is 1. The van der Waals surface area contributed by atoms with Crippen LogP contribution in [0.15, 0.2) is 18.3 Å². The zero-order valence-corrected chi connectivity index (χ0v) is 14.6. The average molecular weight is 343 g/mol. The quantitative estimate of drug-likeness (QED) is 0.908. The van der Waals surface area contributed by atoms with E-state index >= 15 is 0 Å². The zero-order valence-electron chi connectivity index (χ0n) is 14.6. The van der Waals surface area contributed by atoms with E-state index in [0.29, 0.717) is 26.2 Å². The maximum Gasteiger partial charge on any atom is 0.313 e. The number of anilines is 1. The minimum absolute atomic E-state index is 0.0103. The van der Waals surface area contributed by atoms with Crippen molar-refractivity contribution in [3.8, 4) is 0 Å². The Morgan fingerprint density at radius 2 is 2.00 bits per heavy atom. The first-order valence-electron chi connectivity index (χ1n) is 9.19. The number of rotatable bonds is 3. The molecule has 0 unspecified atom stereocenters. The van der Waals surface area contributed by atoms with Crippen LogP contribution >= 0.6 is 0 Å². The van der Waals surface area contributed by atoms with Crippen LogP contribution in [0.4, 0.5) is 5.69 Å². The predicted molar refractivity (Wildman–Crippen MR) is 93.3 cm³/mol. The van der Waals surface area contributed by atoms with Crippen LogP contribution in [0.3, 0.4) is 0 Å². The second-order valence-corrected chi connectivity index (χ2v) is 7.89. The second-order valence-electron chi connectivity index (χ2n) is 7.89. The number of nitrogens with zero attached hydrogens (tertiary/aromatic N) is 3. The maximum absolute atomic E-state index is 12.8. The minimum Gasteiger partial charge on any atom is -0.481 e. The van der Waals surface area contributed by atoms with Crippen LogP contribution in [0.25, 0.3) is 0 Å². The molecule has 1 aromatic heterocycles. The summed E-state index contributed by atoms with van der Waals surface area (Å²) in [4.78, 5) is 33.1. The van der Waals surface area contributed by atoms with Crippen LogP contribution in [0.5, 0.6) is 0 Å². The van der Waals surface area contributed by atoms with Gasteiger partial charge in [-0.2, -0.15) is 0 Å². The molecule has 25 heavy (non-hydrogen) atoms. The molecule has 6 nitrogen and oxygen atoms in total. The number of aromatic nitrogens is 1. The van der Waals surface area contributed by atoms with Crippen molar-refractivity contribution in [3.05, 3.63) is 24.0 Å². The Bertz CT molecular complexity index is 701. The van der Waals surface area contributed by atoms with Gasteiger partial charge in [0.2, 0.25) is 5.91 Å². The summed E-state index contributed by atoms with van der Waals surface area (Å²) in [5.74, 6) is -0.487. The van der Waals surface area contributed by atoms with Crippen LogP contribution < -0.4 is 4.90 Å². The fourth-order valence-electron chi connectivity index (χ4n) is 4.89. The molecule has 1 N–H and O–H groups in total. The molecule has 1 aliphatic carbocycles. The lowest BCUT2D eigenvalue weighted by Gasteiger charge is -2.27. The van der Waals surface area contributed by atoms with Gasteiger partial charge in [-0.15, -0.1) is 0 Å². The summed E-state index contributed by atoms with van der Waals surface area (Å²) in [6.07, 6.45) is 5.92. The topological polar surface area (TPSA) is 73.7 Å². The van der Waals surface area contributed by atoms with E-state index < -0.39 is 11.4 Å². The molecule has 3 fully saturated rings. The molecule has 134 valence electrons. The first-order chi connectivity index (χ1) is 12.0.